The van der Waals surface area contributed by atoms with E-state index in [0.29, 0.717) is 19.6 Å². The first-order valence-corrected chi connectivity index (χ1v) is 9.04. The first-order chi connectivity index (χ1) is 10.2. The predicted molar refractivity (Wildman–Crippen MR) is 88.2 cm³/mol. The fourth-order valence-corrected chi connectivity index (χ4v) is 4.26. The minimum Gasteiger partial charge on any atom is -0.332 e. The summed E-state index contributed by atoms with van der Waals surface area (Å²) >= 11 is 3.41. The van der Waals surface area contributed by atoms with Crippen LogP contribution in [0.3, 0.4) is 0 Å². The molecule has 0 aliphatic heterocycles. The molecule has 21 heavy (non-hydrogen) atoms. The first kappa shape index (κ1) is 14.8. The number of rotatable bonds is 6. The molecule has 1 amide bonds. The van der Waals surface area contributed by atoms with Crippen molar-refractivity contribution in [3.8, 4) is 0 Å². The molecule has 3 rings (SSSR count). The topological polar surface area (TPSA) is 46.3 Å². The fourth-order valence-electron chi connectivity index (χ4n) is 2.83. The van der Waals surface area contributed by atoms with Crippen LogP contribution in [0.1, 0.15) is 29.0 Å². The fraction of sp³-hybridized carbons (Fsp3) is 0.438. The Labute approximate surface area is 133 Å². The number of hydrogen-bond acceptors (Lipinski definition) is 4. The SMILES string of the molecule is NCC1(C(=O)N(Cc2cccs2)Cc2cccs2)CCC1. The third-order valence-corrected chi connectivity index (χ3v) is 6.02. The number of thiophene rings is 2. The molecule has 3 nitrogen and oxygen atoms in total. The van der Waals surface area contributed by atoms with Gasteiger partial charge in [-0.2, -0.15) is 0 Å². The van der Waals surface area contributed by atoms with Crippen molar-refractivity contribution in [3.05, 3.63) is 44.8 Å². The summed E-state index contributed by atoms with van der Waals surface area (Å²) in [7, 11) is 0. The maximum atomic E-state index is 13.0. The smallest absolute Gasteiger partial charge is 0.230 e. The van der Waals surface area contributed by atoms with Crippen LogP contribution >= 0.6 is 22.7 Å². The molecule has 0 spiro atoms. The van der Waals surface area contributed by atoms with Crippen LogP contribution in [0.25, 0.3) is 0 Å². The van der Waals surface area contributed by atoms with E-state index in [4.69, 9.17) is 5.73 Å². The second kappa shape index (κ2) is 6.30. The molecule has 5 heteroatoms. The van der Waals surface area contributed by atoms with Gasteiger partial charge < -0.3 is 10.6 Å². The molecule has 0 radical (unpaired) electrons. The molecule has 2 aromatic rings. The number of amides is 1. The highest BCUT2D eigenvalue weighted by atomic mass is 32.1. The molecule has 1 saturated carbocycles. The monoisotopic (exact) mass is 320 g/mol. The Morgan fingerprint density at radius 1 is 1.14 bits per heavy atom. The van der Waals surface area contributed by atoms with E-state index in [1.807, 2.05) is 17.0 Å². The summed E-state index contributed by atoms with van der Waals surface area (Å²) in [6.45, 7) is 1.85. The Morgan fingerprint density at radius 2 is 1.71 bits per heavy atom. The largest absolute Gasteiger partial charge is 0.332 e. The van der Waals surface area contributed by atoms with Gasteiger partial charge in [0, 0.05) is 16.3 Å². The van der Waals surface area contributed by atoms with Gasteiger partial charge in [-0.1, -0.05) is 18.6 Å². The molecular formula is C16H20N2OS2. The highest BCUT2D eigenvalue weighted by Crippen LogP contribution is 2.42. The molecule has 0 atom stereocenters. The summed E-state index contributed by atoms with van der Waals surface area (Å²) in [6, 6.07) is 8.26. The molecule has 1 aliphatic rings. The molecule has 1 aliphatic carbocycles. The van der Waals surface area contributed by atoms with Crippen LogP contribution in [-0.4, -0.2) is 17.4 Å². The van der Waals surface area contributed by atoms with Crippen molar-refractivity contribution in [1.82, 2.24) is 4.90 Å². The van der Waals surface area contributed by atoms with E-state index in [1.54, 1.807) is 22.7 Å². The molecule has 0 aromatic carbocycles. The zero-order valence-electron chi connectivity index (χ0n) is 12.0. The van der Waals surface area contributed by atoms with E-state index < -0.39 is 0 Å². The lowest BCUT2D eigenvalue weighted by molar-refractivity contribution is -0.148. The van der Waals surface area contributed by atoms with Crippen LogP contribution in [0.5, 0.6) is 0 Å². The second-order valence-electron chi connectivity index (χ2n) is 5.66. The van der Waals surface area contributed by atoms with Crippen LogP contribution < -0.4 is 5.73 Å². The summed E-state index contributed by atoms with van der Waals surface area (Å²) in [5.74, 6) is 0.234. The van der Waals surface area contributed by atoms with Gasteiger partial charge in [-0.3, -0.25) is 4.79 Å². The van der Waals surface area contributed by atoms with Crippen molar-refractivity contribution < 1.29 is 4.79 Å². The third-order valence-electron chi connectivity index (χ3n) is 4.30. The molecule has 112 valence electrons. The highest BCUT2D eigenvalue weighted by Gasteiger charge is 2.45. The van der Waals surface area contributed by atoms with Crippen molar-refractivity contribution >= 4 is 28.6 Å². The number of carbonyl (C=O) groups is 1. The average Bonchev–Trinajstić information content (AvgIpc) is 3.10. The minimum absolute atomic E-state index is 0.234. The molecular weight excluding hydrogens is 300 g/mol. The van der Waals surface area contributed by atoms with Gasteiger partial charge in [0.05, 0.1) is 18.5 Å². The summed E-state index contributed by atoms with van der Waals surface area (Å²) in [5, 5.41) is 4.12. The van der Waals surface area contributed by atoms with Crippen molar-refractivity contribution in [1.29, 1.82) is 0 Å². The van der Waals surface area contributed by atoms with Crippen molar-refractivity contribution in [2.75, 3.05) is 6.54 Å². The van der Waals surface area contributed by atoms with Gasteiger partial charge in [0.25, 0.3) is 0 Å². The van der Waals surface area contributed by atoms with Crippen LogP contribution in [-0.2, 0) is 17.9 Å². The van der Waals surface area contributed by atoms with Gasteiger partial charge >= 0.3 is 0 Å². The molecule has 0 bridgehead atoms. The van der Waals surface area contributed by atoms with Gasteiger partial charge in [-0.15, -0.1) is 22.7 Å². The van der Waals surface area contributed by atoms with Crippen LogP contribution in [0.2, 0.25) is 0 Å². The van der Waals surface area contributed by atoms with E-state index in [-0.39, 0.29) is 11.3 Å². The maximum Gasteiger partial charge on any atom is 0.230 e. The lowest BCUT2D eigenvalue weighted by Crippen LogP contribution is -2.51. The minimum atomic E-state index is -0.297. The molecule has 2 heterocycles. The molecule has 0 saturated heterocycles. The Morgan fingerprint density at radius 3 is 2.05 bits per heavy atom. The standard InChI is InChI=1S/C16H20N2OS2/c17-12-16(6-3-7-16)15(19)18(10-13-4-1-8-20-13)11-14-5-2-9-21-14/h1-2,4-5,8-9H,3,6-7,10-12,17H2. The molecule has 2 N–H and O–H groups in total. The lowest BCUT2D eigenvalue weighted by Gasteiger charge is -2.42. The zero-order chi connectivity index (χ0) is 14.7. The van der Waals surface area contributed by atoms with Crippen molar-refractivity contribution in [2.24, 2.45) is 11.1 Å². The lowest BCUT2D eigenvalue weighted by atomic mass is 9.68. The van der Waals surface area contributed by atoms with E-state index in [9.17, 15) is 4.79 Å². The van der Waals surface area contributed by atoms with Gasteiger partial charge in [-0.25, -0.2) is 0 Å². The highest BCUT2D eigenvalue weighted by molar-refractivity contribution is 7.10. The molecule has 0 unspecified atom stereocenters. The van der Waals surface area contributed by atoms with Crippen molar-refractivity contribution in [3.63, 3.8) is 0 Å². The van der Waals surface area contributed by atoms with Gasteiger partial charge in [-0.05, 0) is 35.7 Å². The van der Waals surface area contributed by atoms with Crippen LogP contribution in [0.4, 0.5) is 0 Å². The summed E-state index contributed by atoms with van der Waals surface area (Å²) in [4.78, 5) is 17.4. The number of hydrogen-bond donors (Lipinski definition) is 1. The van der Waals surface area contributed by atoms with E-state index >= 15 is 0 Å². The zero-order valence-corrected chi connectivity index (χ0v) is 13.6. The van der Waals surface area contributed by atoms with E-state index in [2.05, 4.69) is 22.9 Å². The van der Waals surface area contributed by atoms with Crippen LogP contribution in [0.15, 0.2) is 35.0 Å². The Kier molecular flexibility index (Phi) is 4.42. The summed E-state index contributed by atoms with van der Waals surface area (Å²) in [6.07, 6.45) is 3.00. The Hall–Kier alpha value is -1.17. The average molecular weight is 320 g/mol. The van der Waals surface area contributed by atoms with E-state index in [0.717, 1.165) is 19.3 Å². The number of nitrogens with two attached hydrogens (primary N) is 1. The number of carbonyl (C=O) groups excluding carboxylic acids is 1. The summed E-state index contributed by atoms with van der Waals surface area (Å²) < 4.78 is 0. The maximum absolute atomic E-state index is 13.0. The first-order valence-electron chi connectivity index (χ1n) is 7.28. The molecule has 2 aromatic heterocycles. The Bertz CT molecular complexity index is 532. The Balaban J connectivity index is 1.79. The number of nitrogens with zero attached hydrogens (tertiary/aromatic N) is 1. The van der Waals surface area contributed by atoms with Gasteiger partial charge in [0.1, 0.15) is 0 Å². The van der Waals surface area contributed by atoms with Gasteiger partial charge in [0.15, 0.2) is 0 Å². The van der Waals surface area contributed by atoms with Crippen molar-refractivity contribution in [2.45, 2.75) is 32.4 Å². The van der Waals surface area contributed by atoms with Crippen LogP contribution in [0, 0.1) is 5.41 Å². The molecule has 1 fully saturated rings. The second-order valence-corrected chi connectivity index (χ2v) is 7.72. The summed E-state index contributed by atoms with van der Waals surface area (Å²) in [5.41, 5.74) is 5.61. The third kappa shape index (κ3) is 3.05. The van der Waals surface area contributed by atoms with Gasteiger partial charge in [0.2, 0.25) is 5.91 Å². The normalized spacial score (nSPS) is 16.4. The van der Waals surface area contributed by atoms with E-state index in [1.165, 1.54) is 9.75 Å². The quantitative estimate of drug-likeness (QED) is 0.886. The predicted octanol–water partition coefficient (Wildman–Crippen LogP) is 3.47.